The number of aromatic nitrogens is 1. The molecule has 1 saturated carbocycles. The molecule has 146 valence electrons. The highest BCUT2D eigenvalue weighted by molar-refractivity contribution is 5.63. The van der Waals surface area contributed by atoms with Crippen LogP contribution in [-0.2, 0) is 6.42 Å². The number of nitrogens with zero attached hydrogens (tertiary/aromatic N) is 1. The molecule has 0 radical (unpaired) electrons. The van der Waals surface area contributed by atoms with Crippen molar-refractivity contribution in [1.82, 2.24) is 4.98 Å². The van der Waals surface area contributed by atoms with Crippen molar-refractivity contribution in [2.45, 2.75) is 71.1 Å². The van der Waals surface area contributed by atoms with Crippen LogP contribution in [0.5, 0.6) is 0 Å². The van der Waals surface area contributed by atoms with Gasteiger partial charge in [0.05, 0.1) is 0 Å². The second-order valence-corrected chi connectivity index (χ2v) is 8.09. The van der Waals surface area contributed by atoms with Gasteiger partial charge in [-0.25, -0.2) is 0 Å². The third-order valence-corrected chi connectivity index (χ3v) is 6.10. The number of pyridine rings is 1. The van der Waals surface area contributed by atoms with Crippen LogP contribution in [0.3, 0.4) is 0 Å². The van der Waals surface area contributed by atoms with Gasteiger partial charge >= 0.3 is 0 Å². The summed E-state index contributed by atoms with van der Waals surface area (Å²) in [7, 11) is 0. The van der Waals surface area contributed by atoms with Gasteiger partial charge in [0, 0.05) is 5.56 Å². The summed E-state index contributed by atoms with van der Waals surface area (Å²) in [6, 6.07) is 10.6. The summed E-state index contributed by atoms with van der Waals surface area (Å²) >= 11 is 0. The zero-order valence-electron chi connectivity index (χ0n) is 16.4. The fraction of sp³-hybridized carbons (Fsp3) is 0.542. The average molecular weight is 372 g/mol. The molecule has 1 aliphatic rings. The summed E-state index contributed by atoms with van der Waals surface area (Å²) < 4.78 is 26.8. The summed E-state index contributed by atoms with van der Waals surface area (Å²) in [6.07, 6.45) is 13.4. The Morgan fingerprint density at radius 2 is 1.52 bits per heavy atom. The number of hydrogen-bond acceptors (Lipinski definition) is 1. The van der Waals surface area contributed by atoms with Gasteiger partial charge in [0.15, 0.2) is 0 Å². The highest BCUT2D eigenvalue weighted by atomic mass is 19.1. The van der Waals surface area contributed by atoms with Gasteiger partial charge in [-0.2, -0.15) is 13.8 Å². The van der Waals surface area contributed by atoms with E-state index in [0.29, 0.717) is 5.56 Å². The third kappa shape index (κ3) is 5.85. The molecule has 2 aromatic rings. The molecule has 0 spiro atoms. The maximum Gasteiger partial charge on any atom is 0.223 e. The van der Waals surface area contributed by atoms with E-state index in [0.717, 1.165) is 23.8 Å². The molecule has 0 N–H and O–H groups in total. The maximum atomic E-state index is 13.8. The van der Waals surface area contributed by atoms with E-state index >= 15 is 0 Å². The van der Waals surface area contributed by atoms with E-state index in [1.165, 1.54) is 75.5 Å². The molecule has 0 amide bonds. The van der Waals surface area contributed by atoms with Crippen LogP contribution in [0.25, 0.3) is 11.1 Å². The Kier molecular flexibility index (Phi) is 7.37. The lowest BCUT2D eigenvalue weighted by molar-refractivity contribution is 0.249. The molecule has 0 unspecified atom stereocenters. The Hall–Kier alpha value is -1.77. The topological polar surface area (TPSA) is 12.9 Å². The molecule has 1 aliphatic carbocycles. The Morgan fingerprint density at radius 3 is 2.15 bits per heavy atom. The van der Waals surface area contributed by atoms with E-state index in [9.17, 15) is 8.78 Å². The smallest absolute Gasteiger partial charge is 0.190 e. The van der Waals surface area contributed by atoms with E-state index in [2.05, 4.69) is 24.0 Å². The minimum absolute atomic E-state index is 0.351. The summed E-state index contributed by atoms with van der Waals surface area (Å²) in [5, 5.41) is 0. The van der Waals surface area contributed by atoms with Crippen LogP contribution in [0.4, 0.5) is 8.78 Å². The largest absolute Gasteiger partial charge is 0.223 e. The molecular weight excluding hydrogens is 340 g/mol. The molecule has 3 rings (SSSR count). The summed E-state index contributed by atoms with van der Waals surface area (Å²) in [5.41, 5.74) is 2.39. The van der Waals surface area contributed by atoms with Crippen molar-refractivity contribution in [3.8, 4) is 11.1 Å². The number of aryl methyl sites for hydroxylation is 1. The number of benzene rings is 1. The molecule has 27 heavy (non-hydrogen) atoms. The van der Waals surface area contributed by atoms with Crippen LogP contribution in [0, 0.1) is 23.7 Å². The van der Waals surface area contributed by atoms with Crippen molar-refractivity contribution in [2.24, 2.45) is 11.8 Å². The van der Waals surface area contributed by atoms with Gasteiger partial charge in [-0.05, 0) is 47.9 Å². The van der Waals surface area contributed by atoms with Gasteiger partial charge in [0.25, 0.3) is 0 Å². The monoisotopic (exact) mass is 371 g/mol. The van der Waals surface area contributed by atoms with E-state index < -0.39 is 11.9 Å². The Bertz CT molecular complexity index is 703. The molecule has 1 nitrogen and oxygen atoms in total. The van der Waals surface area contributed by atoms with Crippen molar-refractivity contribution in [2.75, 3.05) is 0 Å². The maximum absolute atomic E-state index is 13.8. The Labute approximate surface area is 162 Å². The van der Waals surface area contributed by atoms with Crippen LogP contribution < -0.4 is 0 Å². The van der Waals surface area contributed by atoms with Gasteiger partial charge in [-0.3, -0.25) is 0 Å². The van der Waals surface area contributed by atoms with Gasteiger partial charge < -0.3 is 0 Å². The van der Waals surface area contributed by atoms with Crippen LogP contribution in [0.2, 0.25) is 0 Å². The average Bonchev–Trinajstić information content (AvgIpc) is 2.68. The minimum Gasteiger partial charge on any atom is -0.190 e. The van der Waals surface area contributed by atoms with Gasteiger partial charge in [-0.15, -0.1) is 0 Å². The molecule has 1 aromatic carbocycles. The minimum atomic E-state index is -0.784. The zero-order valence-corrected chi connectivity index (χ0v) is 16.4. The van der Waals surface area contributed by atoms with Gasteiger partial charge in [-0.1, -0.05) is 82.6 Å². The van der Waals surface area contributed by atoms with Crippen molar-refractivity contribution in [3.63, 3.8) is 0 Å². The highest BCUT2D eigenvalue weighted by Gasteiger charge is 2.20. The first kappa shape index (κ1) is 20.0. The predicted octanol–water partition coefficient (Wildman–Crippen LogP) is 7.35. The number of unbranched alkanes of at least 4 members (excludes halogenated alkanes) is 2. The van der Waals surface area contributed by atoms with E-state index in [4.69, 9.17) is 0 Å². The predicted molar refractivity (Wildman–Crippen MR) is 108 cm³/mol. The molecule has 0 saturated heterocycles. The van der Waals surface area contributed by atoms with Crippen molar-refractivity contribution in [1.29, 1.82) is 0 Å². The lowest BCUT2D eigenvalue weighted by Crippen LogP contribution is -2.15. The van der Waals surface area contributed by atoms with Crippen LogP contribution in [0.1, 0.15) is 70.3 Å². The molecule has 0 bridgehead atoms. The number of rotatable bonds is 8. The number of halogens is 2. The van der Waals surface area contributed by atoms with E-state index in [1.807, 2.05) is 12.1 Å². The van der Waals surface area contributed by atoms with Gasteiger partial charge in [0.2, 0.25) is 11.9 Å². The third-order valence-electron chi connectivity index (χ3n) is 6.10. The van der Waals surface area contributed by atoms with E-state index in [-0.39, 0.29) is 0 Å². The molecule has 3 heteroatoms. The van der Waals surface area contributed by atoms with Crippen LogP contribution in [0.15, 0.2) is 36.4 Å². The summed E-state index contributed by atoms with van der Waals surface area (Å²) in [6.45, 7) is 2.27. The second-order valence-electron chi connectivity index (χ2n) is 8.09. The molecule has 1 fully saturated rings. The fourth-order valence-corrected chi connectivity index (χ4v) is 4.34. The second kappa shape index (κ2) is 9.96. The fourth-order valence-electron chi connectivity index (χ4n) is 4.34. The molecular formula is C24H31F2N. The van der Waals surface area contributed by atoms with Crippen molar-refractivity contribution in [3.05, 3.63) is 53.9 Å². The first-order valence-electron chi connectivity index (χ1n) is 10.6. The van der Waals surface area contributed by atoms with Crippen molar-refractivity contribution >= 4 is 0 Å². The summed E-state index contributed by atoms with van der Waals surface area (Å²) in [4.78, 5) is 3.27. The highest BCUT2D eigenvalue weighted by Crippen LogP contribution is 2.34. The summed E-state index contributed by atoms with van der Waals surface area (Å²) in [5.74, 6) is 0.281. The molecule has 1 aromatic heterocycles. The Balaban J connectivity index is 1.46. The van der Waals surface area contributed by atoms with Gasteiger partial charge in [0.1, 0.15) is 0 Å². The van der Waals surface area contributed by atoms with Crippen LogP contribution in [-0.4, -0.2) is 4.98 Å². The van der Waals surface area contributed by atoms with Crippen molar-refractivity contribution < 1.29 is 8.78 Å². The lowest BCUT2D eigenvalue weighted by atomic mass is 9.78. The lowest BCUT2D eigenvalue weighted by Gasteiger charge is -2.28. The quantitative estimate of drug-likeness (QED) is 0.349. The standard InChI is InChI=1S/C24H31F2N/c1-2-3-4-5-18-6-8-19(9-7-18)10-11-20-12-14-21(15-13-20)22-16-17-23(25)27-24(22)26/h12-19H,2-11H2,1H3/t18-,19-. The first-order chi connectivity index (χ1) is 13.2. The normalized spacial score (nSPS) is 20.0. The van der Waals surface area contributed by atoms with Crippen LogP contribution >= 0.6 is 0 Å². The number of hydrogen-bond donors (Lipinski definition) is 0. The Morgan fingerprint density at radius 1 is 0.852 bits per heavy atom. The van der Waals surface area contributed by atoms with E-state index in [1.54, 1.807) is 0 Å². The SMILES string of the molecule is CCCCC[C@H]1CC[C@H](CCc2ccc(-c3ccc(F)nc3F)cc2)CC1. The first-order valence-corrected chi connectivity index (χ1v) is 10.6. The molecule has 0 aliphatic heterocycles. The molecule has 0 atom stereocenters. The zero-order chi connectivity index (χ0) is 19.1. The molecule has 1 heterocycles.